The van der Waals surface area contributed by atoms with E-state index in [1.807, 2.05) is 19.6 Å². The van der Waals surface area contributed by atoms with E-state index in [-0.39, 0.29) is 5.82 Å². The van der Waals surface area contributed by atoms with Crippen LogP contribution >= 0.6 is 0 Å². The van der Waals surface area contributed by atoms with Gasteiger partial charge in [-0.25, -0.2) is 4.39 Å². The van der Waals surface area contributed by atoms with Crippen LogP contribution in [-0.2, 0) is 0 Å². The van der Waals surface area contributed by atoms with Crippen molar-refractivity contribution in [1.82, 2.24) is 0 Å². The fraction of sp³-hybridized carbons (Fsp3) is 0.400. The summed E-state index contributed by atoms with van der Waals surface area (Å²) >= 11 is 0. The maximum atomic E-state index is 13.2. The molecule has 78 valence electrons. The lowest BCUT2D eigenvalue weighted by molar-refractivity contribution is 0.545. The largest absolute Gasteiger partial charge is 0.543 e. The van der Waals surface area contributed by atoms with E-state index in [1.54, 1.807) is 13.0 Å². The van der Waals surface area contributed by atoms with E-state index in [2.05, 4.69) is 0 Å². The lowest BCUT2D eigenvalue weighted by Crippen LogP contribution is -2.29. The van der Waals surface area contributed by atoms with E-state index in [0.29, 0.717) is 17.0 Å². The molecule has 0 saturated carbocycles. The highest BCUT2D eigenvalue weighted by Crippen LogP contribution is 2.27. The lowest BCUT2D eigenvalue weighted by atomic mass is 10.2. The first-order chi connectivity index (χ1) is 6.29. The Kier molecular flexibility index (Phi) is 2.85. The second-order valence-electron chi connectivity index (χ2n) is 4.35. The summed E-state index contributed by atoms with van der Waals surface area (Å²) in [6.45, 7) is 7.78. The van der Waals surface area contributed by atoms with Crippen molar-refractivity contribution in [2.24, 2.45) is 0 Å². The van der Waals surface area contributed by atoms with Gasteiger partial charge in [-0.15, -0.1) is 0 Å². The molecule has 0 amide bonds. The quantitative estimate of drug-likeness (QED) is 0.605. The van der Waals surface area contributed by atoms with Gasteiger partial charge >= 0.3 is 0 Å². The Balaban J connectivity index is 3.04. The first kappa shape index (κ1) is 11.0. The van der Waals surface area contributed by atoms with Gasteiger partial charge in [0, 0.05) is 6.07 Å². The van der Waals surface area contributed by atoms with Gasteiger partial charge in [-0.3, -0.25) is 0 Å². The monoisotopic (exact) mass is 213 g/mol. The van der Waals surface area contributed by atoms with Gasteiger partial charge in [0.05, 0.1) is 5.69 Å². The summed E-state index contributed by atoms with van der Waals surface area (Å²) in [4.78, 5) is 0. The number of anilines is 1. The average molecular weight is 213 g/mol. The predicted molar refractivity (Wildman–Crippen MR) is 59.5 cm³/mol. The third-order valence-corrected chi connectivity index (χ3v) is 2.54. The maximum absolute atomic E-state index is 13.2. The SMILES string of the molecule is Cc1cc(N)c(O[Si](C)(C)C)cc1F. The van der Waals surface area contributed by atoms with Crippen molar-refractivity contribution in [3.8, 4) is 5.75 Å². The van der Waals surface area contributed by atoms with Gasteiger partial charge < -0.3 is 10.2 Å². The normalized spacial score (nSPS) is 11.5. The van der Waals surface area contributed by atoms with Crippen LogP contribution in [0, 0.1) is 12.7 Å². The third-order valence-electron chi connectivity index (χ3n) is 1.71. The molecule has 0 radical (unpaired) electrons. The standard InChI is InChI=1S/C10H16FNOSi/c1-7-5-9(12)10(6-8(7)11)13-14(2,3)4/h5-6H,12H2,1-4H3. The van der Waals surface area contributed by atoms with Crippen molar-refractivity contribution in [1.29, 1.82) is 0 Å². The van der Waals surface area contributed by atoms with Gasteiger partial charge in [0.2, 0.25) is 8.32 Å². The number of hydrogen-bond acceptors (Lipinski definition) is 2. The molecule has 0 atom stereocenters. The fourth-order valence-electron chi connectivity index (χ4n) is 1.10. The summed E-state index contributed by atoms with van der Waals surface area (Å²) in [5, 5.41) is 0. The van der Waals surface area contributed by atoms with Crippen LogP contribution in [0.15, 0.2) is 12.1 Å². The molecule has 2 nitrogen and oxygen atoms in total. The van der Waals surface area contributed by atoms with Gasteiger partial charge in [0.15, 0.2) is 0 Å². The summed E-state index contributed by atoms with van der Waals surface area (Å²) in [7, 11) is -1.72. The van der Waals surface area contributed by atoms with Crippen molar-refractivity contribution in [2.75, 3.05) is 5.73 Å². The minimum Gasteiger partial charge on any atom is -0.543 e. The Hall–Kier alpha value is -1.03. The number of halogens is 1. The number of hydrogen-bond donors (Lipinski definition) is 1. The minimum absolute atomic E-state index is 0.271. The van der Waals surface area contributed by atoms with Gasteiger partial charge in [-0.2, -0.15) is 0 Å². The molecular weight excluding hydrogens is 197 g/mol. The number of rotatable bonds is 2. The van der Waals surface area contributed by atoms with Crippen LogP contribution in [0.25, 0.3) is 0 Å². The van der Waals surface area contributed by atoms with E-state index in [1.165, 1.54) is 6.07 Å². The zero-order valence-corrected chi connectivity index (χ0v) is 10.0. The molecule has 0 unspecified atom stereocenters. The van der Waals surface area contributed by atoms with E-state index in [4.69, 9.17) is 10.2 Å². The zero-order chi connectivity index (χ0) is 10.9. The first-order valence-corrected chi connectivity index (χ1v) is 7.95. The topological polar surface area (TPSA) is 35.2 Å². The molecule has 0 bridgehead atoms. The van der Waals surface area contributed by atoms with Gasteiger partial charge in [-0.1, -0.05) is 0 Å². The van der Waals surface area contributed by atoms with Crippen LogP contribution in [-0.4, -0.2) is 8.32 Å². The molecule has 1 aromatic rings. The Labute approximate surface area is 85.0 Å². The van der Waals surface area contributed by atoms with Crippen LogP contribution in [0.3, 0.4) is 0 Å². The highest BCUT2D eigenvalue weighted by atomic mass is 28.4. The zero-order valence-electron chi connectivity index (χ0n) is 9.02. The van der Waals surface area contributed by atoms with Crippen molar-refractivity contribution >= 4 is 14.0 Å². The molecule has 2 N–H and O–H groups in total. The Morgan fingerprint density at radius 3 is 2.36 bits per heavy atom. The number of nitrogen functional groups attached to an aromatic ring is 1. The minimum atomic E-state index is -1.72. The second kappa shape index (κ2) is 3.61. The molecule has 0 aliphatic carbocycles. The second-order valence-corrected chi connectivity index (χ2v) is 8.78. The molecule has 1 aromatic carbocycles. The van der Waals surface area contributed by atoms with Crippen molar-refractivity contribution in [3.05, 3.63) is 23.5 Å². The summed E-state index contributed by atoms with van der Waals surface area (Å²) in [5.41, 5.74) is 6.78. The number of benzene rings is 1. The Morgan fingerprint density at radius 1 is 1.29 bits per heavy atom. The fourth-order valence-corrected chi connectivity index (χ4v) is 1.94. The number of aryl methyl sites for hydroxylation is 1. The van der Waals surface area contributed by atoms with E-state index < -0.39 is 8.32 Å². The Bertz CT molecular complexity index is 347. The molecule has 0 aliphatic heterocycles. The molecular formula is C10H16FNOSi. The van der Waals surface area contributed by atoms with Gasteiger partial charge in [0.1, 0.15) is 11.6 Å². The lowest BCUT2D eigenvalue weighted by Gasteiger charge is -2.20. The van der Waals surface area contributed by atoms with Crippen LogP contribution < -0.4 is 10.2 Å². The van der Waals surface area contributed by atoms with E-state index in [9.17, 15) is 4.39 Å². The van der Waals surface area contributed by atoms with Crippen molar-refractivity contribution in [2.45, 2.75) is 26.6 Å². The third kappa shape index (κ3) is 2.73. The summed E-state index contributed by atoms with van der Waals surface area (Å²) < 4.78 is 18.9. The highest BCUT2D eigenvalue weighted by molar-refractivity contribution is 6.70. The van der Waals surface area contributed by atoms with Gasteiger partial charge in [0.25, 0.3) is 0 Å². The van der Waals surface area contributed by atoms with E-state index >= 15 is 0 Å². The molecule has 0 aliphatic rings. The molecule has 0 heterocycles. The Morgan fingerprint density at radius 2 is 1.86 bits per heavy atom. The maximum Gasteiger partial charge on any atom is 0.242 e. The van der Waals surface area contributed by atoms with Crippen molar-refractivity contribution < 1.29 is 8.82 Å². The van der Waals surface area contributed by atoms with Crippen LogP contribution in [0.1, 0.15) is 5.56 Å². The molecule has 14 heavy (non-hydrogen) atoms. The van der Waals surface area contributed by atoms with Gasteiger partial charge in [-0.05, 0) is 38.2 Å². The van der Waals surface area contributed by atoms with Crippen molar-refractivity contribution in [3.63, 3.8) is 0 Å². The molecule has 0 spiro atoms. The molecule has 4 heteroatoms. The summed E-state index contributed by atoms with van der Waals surface area (Å²) in [6.07, 6.45) is 0. The van der Waals surface area contributed by atoms with Crippen LogP contribution in [0.4, 0.5) is 10.1 Å². The summed E-state index contributed by atoms with van der Waals surface area (Å²) in [5.74, 6) is 0.194. The average Bonchev–Trinajstić information content (AvgIpc) is 1.97. The van der Waals surface area contributed by atoms with Crippen LogP contribution in [0.5, 0.6) is 5.75 Å². The molecule has 1 rings (SSSR count). The molecule has 0 fully saturated rings. The highest BCUT2D eigenvalue weighted by Gasteiger charge is 2.18. The van der Waals surface area contributed by atoms with Crippen LogP contribution in [0.2, 0.25) is 19.6 Å². The predicted octanol–water partition coefficient (Wildman–Crippen LogP) is 2.93. The molecule has 0 aromatic heterocycles. The summed E-state index contributed by atoms with van der Waals surface area (Å²) in [6, 6.07) is 2.97. The first-order valence-electron chi connectivity index (χ1n) is 4.54. The number of nitrogens with two attached hydrogens (primary N) is 1. The van der Waals surface area contributed by atoms with E-state index in [0.717, 1.165) is 0 Å². The smallest absolute Gasteiger partial charge is 0.242 e. The molecule has 0 saturated heterocycles.